The summed E-state index contributed by atoms with van der Waals surface area (Å²) in [6.07, 6.45) is -4.07. The van der Waals surface area contributed by atoms with Crippen LogP contribution in [0, 0.1) is 0 Å². The first-order chi connectivity index (χ1) is 13.3. The lowest BCUT2D eigenvalue weighted by Gasteiger charge is -2.38. The van der Waals surface area contributed by atoms with E-state index in [9.17, 15) is 18.0 Å². The first-order valence-electron chi connectivity index (χ1n) is 8.28. The molecule has 150 valence electrons. The number of carbonyl (C=O) groups excluding carboxylic acids is 1. The van der Waals surface area contributed by atoms with E-state index in [-0.39, 0.29) is 31.1 Å². The molecule has 1 fully saturated rings. The predicted octanol–water partition coefficient (Wildman–Crippen LogP) is 3.41. The van der Waals surface area contributed by atoms with Gasteiger partial charge in [-0.05, 0) is 18.2 Å². The molecule has 0 saturated carbocycles. The molecule has 0 radical (unpaired) electrons. The summed E-state index contributed by atoms with van der Waals surface area (Å²) >= 11 is 0. The van der Waals surface area contributed by atoms with E-state index in [0.29, 0.717) is 23.4 Å². The molecule has 0 atom stereocenters. The number of benzene rings is 1. The minimum absolute atomic E-state index is 0.0786. The van der Waals surface area contributed by atoms with Crippen molar-refractivity contribution in [1.82, 2.24) is 9.88 Å². The van der Waals surface area contributed by atoms with Crippen LogP contribution in [-0.2, 0) is 6.18 Å². The van der Waals surface area contributed by atoms with E-state index < -0.39 is 11.7 Å². The maximum atomic E-state index is 12.5. The summed E-state index contributed by atoms with van der Waals surface area (Å²) in [6, 6.07) is 6.72. The highest BCUT2D eigenvalue weighted by atomic mass is 19.4. The fourth-order valence-corrected chi connectivity index (χ4v) is 2.56. The third kappa shape index (κ3) is 4.38. The van der Waals surface area contributed by atoms with Crippen LogP contribution in [0.3, 0.4) is 0 Å². The van der Waals surface area contributed by atoms with Crippen LogP contribution in [0.25, 0.3) is 0 Å². The molecule has 0 aliphatic carbocycles. The van der Waals surface area contributed by atoms with Gasteiger partial charge in [0.1, 0.15) is 17.6 Å². The van der Waals surface area contributed by atoms with Crippen LogP contribution in [0.2, 0.25) is 0 Å². The Labute approximate surface area is 159 Å². The number of alkyl halides is 3. The highest BCUT2D eigenvalue weighted by Gasteiger charge is 2.34. The lowest BCUT2D eigenvalue weighted by molar-refractivity contribution is -0.137. The highest BCUT2D eigenvalue weighted by Crippen LogP contribution is 2.31. The predicted molar refractivity (Wildman–Crippen MR) is 93.8 cm³/mol. The fraction of sp³-hybridized carbons (Fsp3) is 0.333. The average molecular weight is 397 g/mol. The molecule has 1 aliphatic rings. The largest absolute Gasteiger partial charge is 0.497 e. The molecular weight excluding hydrogens is 379 g/mol. The Kier molecular flexibility index (Phi) is 5.48. The molecule has 2 aromatic rings. The third-order valence-corrected chi connectivity index (χ3v) is 4.14. The molecular formula is C18H18F3N3O4. The van der Waals surface area contributed by atoms with E-state index in [1.165, 1.54) is 19.1 Å². The van der Waals surface area contributed by atoms with Gasteiger partial charge in [-0.25, -0.2) is 9.78 Å². The summed E-state index contributed by atoms with van der Waals surface area (Å²) in [5.41, 5.74) is -0.357. The number of nitrogens with zero attached hydrogens (tertiary/aromatic N) is 2. The van der Waals surface area contributed by atoms with Crippen molar-refractivity contribution in [3.05, 3.63) is 42.1 Å². The zero-order valence-electron chi connectivity index (χ0n) is 15.1. The molecule has 10 heteroatoms. The lowest BCUT2D eigenvalue weighted by Crippen LogP contribution is -2.57. The van der Waals surface area contributed by atoms with Crippen molar-refractivity contribution in [3.8, 4) is 17.4 Å². The van der Waals surface area contributed by atoms with Gasteiger partial charge in [0.15, 0.2) is 0 Å². The molecule has 1 aromatic carbocycles. The number of halogens is 3. The maximum Gasteiger partial charge on any atom is 0.417 e. The standard InChI is InChI=1S/C18H18F3N3O4/c1-26-12-4-5-14(15(7-12)27-2)23-17(25)24-9-13(10-24)28-16-6-3-11(8-22-16)18(19,20)21/h3-8,13H,9-10H2,1-2H3,(H,23,25). The average Bonchev–Trinajstić information content (AvgIpc) is 2.64. The summed E-state index contributed by atoms with van der Waals surface area (Å²) in [6.45, 7) is 0.569. The summed E-state index contributed by atoms with van der Waals surface area (Å²) in [4.78, 5) is 17.5. The smallest absolute Gasteiger partial charge is 0.417 e. The van der Waals surface area contributed by atoms with Crippen molar-refractivity contribution in [2.45, 2.75) is 12.3 Å². The van der Waals surface area contributed by atoms with Gasteiger partial charge in [0.05, 0.1) is 38.6 Å². The van der Waals surface area contributed by atoms with Crippen LogP contribution in [0.1, 0.15) is 5.56 Å². The number of aromatic nitrogens is 1. The van der Waals surface area contributed by atoms with Crippen molar-refractivity contribution in [2.75, 3.05) is 32.6 Å². The van der Waals surface area contributed by atoms with E-state index >= 15 is 0 Å². The van der Waals surface area contributed by atoms with Crippen LogP contribution < -0.4 is 19.5 Å². The molecule has 1 aliphatic heterocycles. The number of nitrogens with one attached hydrogen (secondary N) is 1. The van der Waals surface area contributed by atoms with Gasteiger partial charge in [0.2, 0.25) is 5.88 Å². The number of carbonyl (C=O) groups is 1. The van der Waals surface area contributed by atoms with Gasteiger partial charge in [-0.1, -0.05) is 0 Å². The Morgan fingerprint density at radius 3 is 2.50 bits per heavy atom. The van der Waals surface area contributed by atoms with Crippen LogP contribution in [0.4, 0.5) is 23.7 Å². The number of hydrogen-bond donors (Lipinski definition) is 1. The number of urea groups is 1. The second-order valence-corrected chi connectivity index (χ2v) is 6.02. The van der Waals surface area contributed by atoms with Gasteiger partial charge in [-0.2, -0.15) is 13.2 Å². The molecule has 0 spiro atoms. The van der Waals surface area contributed by atoms with Gasteiger partial charge < -0.3 is 24.4 Å². The third-order valence-electron chi connectivity index (χ3n) is 4.14. The number of rotatable bonds is 5. The molecule has 2 heterocycles. The Hall–Kier alpha value is -3.17. The van der Waals surface area contributed by atoms with E-state index in [4.69, 9.17) is 14.2 Å². The van der Waals surface area contributed by atoms with Gasteiger partial charge in [-0.3, -0.25) is 0 Å². The quantitative estimate of drug-likeness (QED) is 0.837. The Bertz CT molecular complexity index is 837. The van der Waals surface area contributed by atoms with Gasteiger partial charge in [0.25, 0.3) is 0 Å². The van der Waals surface area contributed by atoms with Gasteiger partial charge in [0, 0.05) is 18.3 Å². The normalized spacial score (nSPS) is 14.2. The van der Waals surface area contributed by atoms with Crippen LogP contribution in [0.5, 0.6) is 17.4 Å². The molecule has 7 nitrogen and oxygen atoms in total. The Morgan fingerprint density at radius 2 is 1.93 bits per heavy atom. The number of anilines is 1. The number of amides is 2. The number of pyridine rings is 1. The van der Waals surface area contributed by atoms with E-state index in [2.05, 4.69) is 10.3 Å². The lowest BCUT2D eigenvalue weighted by atomic mass is 10.2. The summed E-state index contributed by atoms with van der Waals surface area (Å²) in [5, 5.41) is 2.73. The van der Waals surface area contributed by atoms with Crippen LogP contribution in [-0.4, -0.2) is 49.3 Å². The number of methoxy groups -OCH3 is 2. The zero-order valence-corrected chi connectivity index (χ0v) is 15.1. The number of likely N-dealkylation sites (tertiary alicyclic amines) is 1. The van der Waals surface area contributed by atoms with Crippen molar-refractivity contribution < 1.29 is 32.2 Å². The molecule has 3 rings (SSSR count). The molecule has 0 unspecified atom stereocenters. The number of hydrogen-bond acceptors (Lipinski definition) is 5. The highest BCUT2D eigenvalue weighted by molar-refractivity contribution is 5.91. The van der Waals surface area contributed by atoms with Crippen molar-refractivity contribution >= 4 is 11.7 Å². The van der Waals surface area contributed by atoms with Crippen LogP contribution >= 0.6 is 0 Å². The minimum Gasteiger partial charge on any atom is -0.497 e. The zero-order chi connectivity index (χ0) is 20.3. The Morgan fingerprint density at radius 1 is 1.18 bits per heavy atom. The van der Waals surface area contributed by atoms with Crippen molar-refractivity contribution in [2.24, 2.45) is 0 Å². The maximum absolute atomic E-state index is 12.5. The van der Waals surface area contributed by atoms with E-state index in [1.807, 2.05) is 0 Å². The Balaban J connectivity index is 1.52. The SMILES string of the molecule is COc1ccc(NC(=O)N2CC(Oc3ccc(C(F)(F)F)cn3)C2)c(OC)c1. The van der Waals surface area contributed by atoms with Gasteiger partial charge >= 0.3 is 12.2 Å². The molecule has 0 bridgehead atoms. The second kappa shape index (κ2) is 7.83. The van der Waals surface area contributed by atoms with Gasteiger partial charge in [-0.15, -0.1) is 0 Å². The minimum atomic E-state index is -4.45. The summed E-state index contributed by atoms with van der Waals surface area (Å²) < 4.78 is 53.4. The first kappa shape index (κ1) is 19.6. The summed E-state index contributed by atoms with van der Waals surface area (Å²) in [5.74, 6) is 1.13. The molecule has 1 N–H and O–H groups in total. The molecule has 1 saturated heterocycles. The van der Waals surface area contributed by atoms with E-state index in [1.54, 1.807) is 18.2 Å². The second-order valence-electron chi connectivity index (χ2n) is 6.02. The topological polar surface area (TPSA) is 72.9 Å². The fourth-order valence-electron chi connectivity index (χ4n) is 2.56. The molecule has 1 aromatic heterocycles. The molecule has 28 heavy (non-hydrogen) atoms. The monoisotopic (exact) mass is 397 g/mol. The number of ether oxygens (including phenoxy) is 3. The van der Waals surface area contributed by atoms with E-state index in [0.717, 1.165) is 12.1 Å². The summed E-state index contributed by atoms with van der Waals surface area (Å²) in [7, 11) is 3.01. The molecule has 2 amide bonds. The van der Waals surface area contributed by atoms with Crippen molar-refractivity contribution in [3.63, 3.8) is 0 Å². The first-order valence-corrected chi connectivity index (χ1v) is 8.28. The van der Waals surface area contributed by atoms with Crippen LogP contribution in [0.15, 0.2) is 36.5 Å². The van der Waals surface area contributed by atoms with Crippen molar-refractivity contribution in [1.29, 1.82) is 0 Å².